The summed E-state index contributed by atoms with van der Waals surface area (Å²) in [5.41, 5.74) is 6.26. The molecular formula is C15H24N2O2. The van der Waals surface area contributed by atoms with Gasteiger partial charge in [0, 0.05) is 12.6 Å². The zero-order chi connectivity index (χ0) is 13.4. The van der Waals surface area contributed by atoms with E-state index in [0.29, 0.717) is 12.5 Å². The first kappa shape index (κ1) is 13.1. The van der Waals surface area contributed by atoms with Crippen LogP contribution in [-0.2, 0) is 9.59 Å². The summed E-state index contributed by atoms with van der Waals surface area (Å²) in [7, 11) is 0. The van der Waals surface area contributed by atoms with Crippen molar-refractivity contribution >= 4 is 11.8 Å². The van der Waals surface area contributed by atoms with E-state index in [1.54, 1.807) is 0 Å². The van der Waals surface area contributed by atoms with Gasteiger partial charge < -0.3 is 5.73 Å². The highest BCUT2D eigenvalue weighted by molar-refractivity contribution is 6.05. The van der Waals surface area contributed by atoms with Crippen molar-refractivity contribution in [1.29, 1.82) is 0 Å². The van der Waals surface area contributed by atoms with Crippen LogP contribution >= 0.6 is 0 Å². The lowest BCUT2D eigenvalue weighted by Crippen LogP contribution is -2.45. The summed E-state index contributed by atoms with van der Waals surface area (Å²) in [6.07, 6.45) is 8.91. The highest BCUT2D eigenvalue weighted by Crippen LogP contribution is 2.40. The molecule has 0 aromatic carbocycles. The summed E-state index contributed by atoms with van der Waals surface area (Å²) in [5.74, 6) is 0.560. The fraction of sp³-hybridized carbons (Fsp3) is 0.867. The Morgan fingerprint density at radius 2 is 1.53 bits per heavy atom. The van der Waals surface area contributed by atoms with E-state index in [4.69, 9.17) is 5.73 Å². The first-order valence-corrected chi connectivity index (χ1v) is 7.79. The molecule has 0 radical (unpaired) electrons. The van der Waals surface area contributed by atoms with Crippen molar-refractivity contribution in [2.24, 2.45) is 23.5 Å². The number of amides is 2. The highest BCUT2D eigenvalue weighted by Gasteiger charge is 2.49. The maximum atomic E-state index is 12.3. The maximum Gasteiger partial charge on any atom is 0.233 e. The second kappa shape index (κ2) is 5.23. The number of carbonyl (C=O) groups excluding carboxylic acids is 2. The van der Waals surface area contributed by atoms with E-state index >= 15 is 0 Å². The minimum Gasteiger partial charge on any atom is -0.326 e. The summed E-state index contributed by atoms with van der Waals surface area (Å²) < 4.78 is 0. The Morgan fingerprint density at radius 1 is 0.947 bits per heavy atom. The number of carbonyl (C=O) groups is 2. The fourth-order valence-electron chi connectivity index (χ4n) is 4.16. The molecule has 1 aliphatic heterocycles. The minimum absolute atomic E-state index is 0.0213. The van der Waals surface area contributed by atoms with Crippen molar-refractivity contribution in [2.75, 3.05) is 6.54 Å². The van der Waals surface area contributed by atoms with Gasteiger partial charge in [0.15, 0.2) is 0 Å². The number of hydrogen-bond donors (Lipinski definition) is 1. The van der Waals surface area contributed by atoms with Crippen LogP contribution < -0.4 is 5.73 Å². The monoisotopic (exact) mass is 264 g/mol. The van der Waals surface area contributed by atoms with Crippen molar-refractivity contribution in [1.82, 2.24) is 4.90 Å². The SMILES string of the molecule is NC(CN1C(=O)C2CCCC2C1=O)C1CCCCC1. The number of imide groups is 1. The number of likely N-dealkylation sites (tertiary alicyclic amines) is 1. The van der Waals surface area contributed by atoms with Crippen molar-refractivity contribution in [2.45, 2.75) is 57.4 Å². The second-order valence-corrected chi connectivity index (χ2v) is 6.49. The van der Waals surface area contributed by atoms with Crippen LogP contribution in [0.5, 0.6) is 0 Å². The van der Waals surface area contributed by atoms with Gasteiger partial charge in [-0.15, -0.1) is 0 Å². The van der Waals surface area contributed by atoms with Crippen molar-refractivity contribution in [3.63, 3.8) is 0 Å². The lowest BCUT2D eigenvalue weighted by Gasteiger charge is -2.30. The highest BCUT2D eigenvalue weighted by atomic mass is 16.2. The Hall–Kier alpha value is -0.900. The average Bonchev–Trinajstić information content (AvgIpc) is 3.00. The average molecular weight is 264 g/mol. The number of rotatable bonds is 3. The maximum absolute atomic E-state index is 12.3. The molecule has 3 unspecified atom stereocenters. The number of nitrogens with two attached hydrogens (primary N) is 1. The summed E-state index contributed by atoms with van der Waals surface area (Å²) in [5, 5.41) is 0. The van der Waals surface area contributed by atoms with Gasteiger partial charge in [-0.3, -0.25) is 14.5 Å². The fourth-order valence-corrected chi connectivity index (χ4v) is 4.16. The van der Waals surface area contributed by atoms with Gasteiger partial charge in [-0.05, 0) is 31.6 Å². The van der Waals surface area contributed by atoms with E-state index in [0.717, 1.165) is 32.1 Å². The molecule has 2 amide bonds. The molecule has 3 rings (SSSR count). The zero-order valence-corrected chi connectivity index (χ0v) is 11.5. The van der Waals surface area contributed by atoms with Gasteiger partial charge in [-0.1, -0.05) is 25.7 Å². The molecule has 2 saturated carbocycles. The molecule has 0 bridgehead atoms. The van der Waals surface area contributed by atoms with Gasteiger partial charge in [0.25, 0.3) is 0 Å². The van der Waals surface area contributed by atoms with Crippen LogP contribution in [0.3, 0.4) is 0 Å². The number of nitrogens with zero attached hydrogens (tertiary/aromatic N) is 1. The van der Waals surface area contributed by atoms with Crippen LogP contribution in [-0.4, -0.2) is 29.3 Å². The van der Waals surface area contributed by atoms with Crippen LogP contribution in [0.25, 0.3) is 0 Å². The topological polar surface area (TPSA) is 63.4 Å². The Kier molecular flexibility index (Phi) is 3.61. The second-order valence-electron chi connectivity index (χ2n) is 6.49. The summed E-state index contributed by atoms with van der Waals surface area (Å²) >= 11 is 0. The number of fused-ring (bicyclic) bond motifs is 1. The largest absolute Gasteiger partial charge is 0.326 e. The molecule has 3 fully saturated rings. The third kappa shape index (κ3) is 2.31. The van der Waals surface area contributed by atoms with Crippen LogP contribution in [0.4, 0.5) is 0 Å². The van der Waals surface area contributed by atoms with Gasteiger partial charge >= 0.3 is 0 Å². The Labute approximate surface area is 114 Å². The Bertz CT molecular complexity index is 354. The van der Waals surface area contributed by atoms with Crippen molar-refractivity contribution < 1.29 is 9.59 Å². The van der Waals surface area contributed by atoms with Gasteiger partial charge in [0.1, 0.15) is 0 Å². The zero-order valence-electron chi connectivity index (χ0n) is 11.5. The van der Waals surface area contributed by atoms with Crippen molar-refractivity contribution in [3.05, 3.63) is 0 Å². The van der Waals surface area contributed by atoms with Gasteiger partial charge in [-0.25, -0.2) is 0 Å². The standard InChI is InChI=1S/C15H24N2O2/c16-13(10-5-2-1-3-6-10)9-17-14(18)11-7-4-8-12(11)15(17)19/h10-13H,1-9,16H2. The van der Waals surface area contributed by atoms with Gasteiger partial charge in [-0.2, -0.15) is 0 Å². The lowest BCUT2D eigenvalue weighted by molar-refractivity contribution is -0.140. The smallest absolute Gasteiger partial charge is 0.233 e. The molecule has 19 heavy (non-hydrogen) atoms. The summed E-state index contributed by atoms with van der Waals surface area (Å²) in [6.45, 7) is 0.454. The molecule has 1 heterocycles. The molecular weight excluding hydrogens is 240 g/mol. The lowest BCUT2D eigenvalue weighted by atomic mass is 9.84. The third-order valence-corrected chi connectivity index (χ3v) is 5.33. The van der Waals surface area contributed by atoms with E-state index < -0.39 is 0 Å². The van der Waals surface area contributed by atoms with Crippen LogP contribution in [0.2, 0.25) is 0 Å². The first-order chi connectivity index (χ1) is 9.18. The Morgan fingerprint density at radius 3 is 2.11 bits per heavy atom. The molecule has 0 aromatic rings. The van der Waals surface area contributed by atoms with Gasteiger partial charge in [0.2, 0.25) is 11.8 Å². The molecule has 4 heteroatoms. The molecule has 0 spiro atoms. The van der Waals surface area contributed by atoms with E-state index in [9.17, 15) is 9.59 Å². The predicted molar refractivity (Wildman–Crippen MR) is 72.1 cm³/mol. The molecule has 2 aliphatic carbocycles. The Balaban J connectivity index is 1.63. The van der Waals surface area contributed by atoms with E-state index in [2.05, 4.69) is 0 Å². The molecule has 3 aliphatic rings. The summed E-state index contributed by atoms with van der Waals surface area (Å²) in [4.78, 5) is 26.0. The van der Waals surface area contributed by atoms with E-state index in [1.807, 2.05) is 0 Å². The van der Waals surface area contributed by atoms with Crippen LogP contribution in [0.15, 0.2) is 0 Å². The molecule has 2 N–H and O–H groups in total. The minimum atomic E-state index is -0.0222. The number of hydrogen-bond acceptors (Lipinski definition) is 3. The van der Waals surface area contributed by atoms with Gasteiger partial charge in [0.05, 0.1) is 11.8 Å². The predicted octanol–water partition coefficient (Wildman–Crippen LogP) is 1.68. The normalized spacial score (nSPS) is 33.8. The van der Waals surface area contributed by atoms with Crippen molar-refractivity contribution in [3.8, 4) is 0 Å². The molecule has 1 saturated heterocycles. The third-order valence-electron chi connectivity index (χ3n) is 5.33. The molecule has 3 atom stereocenters. The molecule has 4 nitrogen and oxygen atoms in total. The molecule has 106 valence electrons. The van der Waals surface area contributed by atoms with E-state index in [-0.39, 0.29) is 29.7 Å². The van der Waals surface area contributed by atoms with E-state index in [1.165, 1.54) is 24.2 Å². The quantitative estimate of drug-likeness (QED) is 0.789. The van der Waals surface area contributed by atoms with Crippen LogP contribution in [0, 0.1) is 17.8 Å². The van der Waals surface area contributed by atoms with Crippen LogP contribution in [0.1, 0.15) is 51.4 Å². The summed E-state index contributed by atoms with van der Waals surface area (Å²) in [6, 6.07) is -0.0213. The molecule has 0 aromatic heterocycles. The first-order valence-electron chi connectivity index (χ1n) is 7.79.